The van der Waals surface area contributed by atoms with Crippen molar-refractivity contribution in [3.05, 3.63) is 23.8 Å². The van der Waals surface area contributed by atoms with E-state index in [1.54, 1.807) is 0 Å². The SMILES string of the molecule is CCCN1c2c(C)cccc2NCC2COCC21. The molecule has 18 heavy (non-hydrogen) atoms. The average Bonchev–Trinajstić information content (AvgIpc) is 2.77. The van der Waals surface area contributed by atoms with Crippen LogP contribution in [-0.4, -0.2) is 32.3 Å². The van der Waals surface area contributed by atoms with E-state index in [1.165, 1.54) is 23.4 Å². The van der Waals surface area contributed by atoms with Crippen molar-refractivity contribution in [2.75, 3.05) is 36.5 Å². The van der Waals surface area contributed by atoms with E-state index in [0.29, 0.717) is 12.0 Å². The number of ether oxygens (including phenoxy) is 1. The molecule has 3 rings (SSSR count). The molecule has 98 valence electrons. The summed E-state index contributed by atoms with van der Waals surface area (Å²) in [5, 5.41) is 3.60. The Kier molecular flexibility index (Phi) is 3.16. The summed E-state index contributed by atoms with van der Waals surface area (Å²) in [7, 11) is 0. The summed E-state index contributed by atoms with van der Waals surface area (Å²) >= 11 is 0. The molecule has 0 aromatic heterocycles. The van der Waals surface area contributed by atoms with Gasteiger partial charge in [-0.1, -0.05) is 19.1 Å². The van der Waals surface area contributed by atoms with Gasteiger partial charge in [0.25, 0.3) is 0 Å². The fraction of sp³-hybridized carbons (Fsp3) is 0.600. The first-order chi connectivity index (χ1) is 8.81. The number of hydrogen-bond donors (Lipinski definition) is 1. The molecule has 2 unspecified atom stereocenters. The van der Waals surface area contributed by atoms with Gasteiger partial charge < -0.3 is 15.0 Å². The third kappa shape index (κ3) is 1.87. The van der Waals surface area contributed by atoms with Gasteiger partial charge in [-0.25, -0.2) is 0 Å². The molecule has 1 aromatic rings. The standard InChI is InChI=1S/C15H22N2O/c1-3-7-17-14-10-18-9-12(14)8-16-13-6-4-5-11(2)15(13)17/h4-6,12,14,16H,3,7-10H2,1-2H3. The normalized spacial score (nSPS) is 26.2. The van der Waals surface area contributed by atoms with Crippen LogP contribution in [0.3, 0.4) is 0 Å². The number of benzene rings is 1. The fourth-order valence-electron chi connectivity index (χ4n) is 3.23. The lowest BCUT2D eigenvalue weighted by atomic mass is 10.0. The van der Waals surface area contributed by atoms with Crippen molar-refractivity contribution in [1.82, 2.24) is 0 Å². The van der Waals surface area contributed by atoms with Crippen molar-refractivity contribution < 1.29 is 4.74 Å². The molecule has 1 aromatic carbocycles. The molecule has 0 radical (unpaired) electrons. The van der Waals surface area contributed by atoms with Crippen molar-refractivity contribution >= 4 is 11.4 Å². The highest BCUT2D eigenvalue weighted by atomic mass is 16.5. The average molecular weight is 246 g/mol. The molecular formula is C15H22N2O. The first-order valence-corrected chi connectivity index (χ1v) is 6.99. The molecule has 1 fully saturated rings. The van der Waals surface area contributed by atoms with Crippen LogP contribution in [0, 0.1) is 12.8 Å². The van der Waals surface area contributed by atoms with Gasteiger partial charge in [-0.05, 0) is 25.0 Å². The van der Waals surface area contributed by atoms with E-state index in [-0.39, 0.29) is 0 Å². The second-order valence-corrected chi connectivity index (χ2v) is 5.41. The molecule has 0 aliphatic carbocycles. The summed E-state index contributed by atoms with van der Waals surface area (Å²) in [4.78, 5) is 2.57. The predicted octanol–water partition coefficient (Wildman–Crippen LogP) is 2.65. The van der Waals surface area contributed by atoms with E-state index in [1.807, 2.05) is 0 Å². The lowest BCUT2D eigenvalue weighted by Crippen LogP contribution is -2.41. The van der Waals surface area contributed by atoms with Crippen molar-refractivity contribution in [3.8, 4) is 0 Å². The number of nitrogens with one attached hydrogen (secondary N) is 1. The highest BCUT2D eigenvalue weighted by Crippen LogP contribution is 2.37. The highest BCUT2D eigenvalue weighted by molar-refractivity contribution is 5.75. The molecule has 2 heterocycles. The van der Waals surface area contributed by atoms with Crippen LogP contribution in [0.2, 0.25) is 0 Å². The van der Waals surface area contributed by atoms with Gasteiger partial charge in [0.1, 0.15) is 0 Å². The first kappa shape index (κ1) is 11.8. The van der Waals surface area contributed by atoms with Crippen molar-refractivity contribution in [3.63, 3.8) is 0 Å². The van der Waals surface area contributed by atoms with E-state index in [4.69, 9.17) is 4.74 Å². The number of nitrogens with zero attached hydrogens (tertiary/aromatic N) is 1. The molecule has 2 aliphatic rings. The summed E-state index contributed by atoms with van der Waals surface area (Å²) in [6.07, 6.45) is 1.18. The third-order valence-electron chi connectivity index (χ3n) is 4.11. The second kappa shape index (κ2) is 4.81. The van der Waals surface area contributed by atoms with Crippen LogP contribution in [0.5, 0.6) is 0 Å². The lowest BCUT2D eigenvalue weighted by Gasteiger charge is -2.32. The number of aryl methyl sites for hydroxylation is 1. The van der Waals surface area contributed by atoms with Gasteiger partial charge in [0.2, 0.25) is 0 Å². The van der Waals surface area contributed by atoms with Gasteiger partial charge in [-0.3, -0.25) is 0 Å². The van der Waals surface area contributed by atoms with Gasteiger partial charge in [0.15, 0.2) is 0 Å². The smallest absolute Gasteiger partial charge is 0.0674 e. The topological polar surface area (TPSA) is 24.5 Å². The van der Waals surface area contributed by atoms with E-state index >= 15 is 0 Å². The van der Waals surface area contributed by atoms with Crippen molar-refractivity contribution in [1.29, 1.82) is 0 Å². The van der Waals surface area contributed by atoms with Gasteiger partial charge in [-0.15, -0.1) is 0 Å². The highest BCUT2D eigenvalue weighted by Gasteiger charge is 2.36. The molecule has 3 nitrogen and oxygen atoms in total. The first-order valence-electron chi connectivity index (χ1n) is 6.99. The van der Waals surface area contributed by atoms with E-state index in [9.17, 15) is 0 Å². The quantitative estimate of drug-likeness (QED) is 0.868. The van der Waals surface area contributed by atoms with E-state index in [2.05, 4.69) is 42.3 Å². The Bertz CT molecular complexity index is 433. The molecular weight excluding hydrogens is 224 g/mol. The molecule has 0 saturated carbocycles. The number of fused-ring (bicyclic) bond motifs is 2. The molecule has 0 amide bonds. The largest absolute Gasteiger partial charge is 0.383 e. The Morgan fingerprint density at radius 3 is 3.11 bits per heavy atom. The molecule has 3 heteroatoms. The Labute approximate surface area is 109 Å². The van der Waals surface area contributed by atoms with Crippen molar-refractivity contribution in [2.24, 2.45) is 5.92 Å². The van der Waals surface area contributed by atoms with Crippen LogP contribution in [0.4, 0.5) is 11.4 Å². The lowest BCUT2D eigenvalue weighted by molar-refractivity contribution is 0.185. The maximum atomic E-state index is 5.70. The van der Waals surface area contributed by atoms with Crippen molar-refractivity contribution in [2.45, 2.75) is 26.3 Å². The van der Waals surface area contributed by atoms with Gasteiger partial charge in [-0.2, -0.15) is 0 Å². The predicted molar refractivity (Wildman–Crippen MR) is 75.4 cm³/mol. The maximum Gasteiger partial charge on any atom is 0.0674 e. The minimum Gasteiger partial charge on any atom is -0.383 e. The number of rotatable bonds is 2. The Balaban J connectivity index is 2.04. The zero-order chi connectivity index (χ0) is 12.5. The van der Waals surface area contributed by atoms with Gasteiger partial charge in [0.05, 0.1) is 30.6 Å². The van der Waals surface area contributed by atoms with Crippen LogP contribution < -0.4 is 10.2 Å². The number of hydrogen-bond acceptors (Lipinski definition) is 3. The summed E-state index contributed by atoms with van der Waals surface area (Å²) in [5.74, 6) is 0.614. The van der Waals surface area contributed by atoms with Gasteiger partial charge in [0, 0.05) is 19.0 Å². The summed E-state index contributed by atoms with van der Waals surface area (Å²) in [6.45, 7) is 8.37. The second-order valence-electron chi connectivity index (χ2n) is 5.41. The molecule has 0 spiro atoms. The summed E-state index contributed by atoms with van der Waals surface area (Å²) in [5.41, 5.74) is 4.04. The van der Waals surface area contributed by atoms with Crippen LogP contribution in [0.15, 0.2) is 18.2 Å². The molecule has 2 atom stereocenters. The van der Waals surface area contributed by atoms with Crippen LogP contribution in [0.25, 0.3) is 0 Å². The molecule has 0 bridgehead atoms. The molecule has 1 N–H and O–H groups in total. The number of anilines is 2. The zero-order valence-corrected chi connectivity index (χ0v) is 11.3. The van der Waals surface area contributed by atoms with E-state index in [0.717, 1.165) is 26.3 Å². The summed E-state index contributed by atoms with van der Waals surface area (Å²) in [6, 6.07) is 7.09. The Morgan fingerprint density at radius 1 is 1.39 bits per heavy atom. The molecule has 2 aliphatic heterocycles. The Morgan fingerprint density at radius 2 is 2.28 bits per heavy atom. The molecule has 1 saturated heterocycles. The monoisotopic (exact) mass is 246 g/mol. The minimum atomic E-state index is 0.541. The number of para-hydroxylation sites is 1. The summed E-state index contributed by atoms with van der Waals surface area (Å²) < 4.78 is 5.70. The van der Waals surface area contributed by atoms with E-state index < -0.39 is 0 Å². The minimum absolute atomic E-state index is 0.541. The Hall–Kier alpha value is -1.22. The van der Waals surface area contributed by atoms with Gasteiger partial charge >= 0.3 is 0 Å². The fourth-order valence-corrected chi connectivity index (χ4v) is 3.23. The van der Waals surface area contributed by atoms with Crippen LogP contribution >= 0.6 is 0 Å². The zero-order valence-electron chi connectivity index (χ0n) is 11.3. The van der Waals surface area contributed by atoms with Crippen LogP contribution in [0.1, 0.15) is 18.9 Å². The third-order valence-corrected chi connectivity index (χ3v) is 4.11. The van der Waals surface area contributed by atoms with Crippen LogP contribution in [-0.2, 0) is 4.74 Å². The maximum absolute atomic E-state index is 5.70.